The number of rotatable bonds is 2. The van der Waals surface area contributed by atoms with Gasteiger partial charge in [-0.05, 0) is 18.2 Å². The Labute approximate surface area is 101 Å². The Hall–Kier alpha value is -0.970. The van der Waals surface area contributed by atoms with Crippen molar-refractivity contribution in [2.24, 2.45) is 0 Å². The van der Waals surface area contributed by atoms with E-state index in [0.717, 1.165) is 5.69 Å². The lowest BCUT2D eigenvalue weighted by molar-refractivity contribution is 1.39. The van der Waals surface area contributed by atoms with Gasteiger partial charge in [0.15, 0.2) is 5.13 Å². The highest BCUT2D eigenvalue weighted by molar-refractivity contribution is 7.14. The first-order valence-electron chi connectivity index (χ1n) is 4.08. The third-order valence-electron chi connectivity index (χ3n) is 1.71. The number of nitrogens with two attached hydrogens (primary N) is 1. The maximum absolute atomic E-state index is 5.98. The van der Waals surface area contributed by atoms with Crippen molar-refractivity contribution in [3.05, 3.63) is 33.8 Å². The fraction of sp³-hybridized carbons (Fsp3) is 0. The number of hydrogen-bond acceptors (Lipinski definition) is 4. The molecule has 1 aromatic heterocycles. The number of benzene rings is 1. The standard InChI is InChI=1S/C9H7Cl2N3S/c10-6-2-1-5(12)3-7(6)13-9-14-8(11)4-15-9/h1-4H,12H2,(H,13,14). The predicted molar refractivity (Wildman–Crippen MR) is 66.3 cm³/mol. The second-order valence-electron chi connectivity index (χ2n) is 2.84. The van der Waals surface area contributed by atoms with Crippen molar-refractivity contribution < 1.29 is 0 Å². The number of nitrogens with one attached hydrogen (secondary N) is 1. The number of nitrogen functional groups attached to an aromatic ring is 1. The second kappa shape index (κ2) is 4.26. The molecule has 1 aromatic carbocycles. The molecule has 0 amide bonds. The van der Waals surface area contributed by atoms with Crippen LogP contribution < -0.4 is 11.1 Å². The Kier molecular flexibility index (Phi) is 3.00. The van der Waals surface area contributed by atoms with Crippen LogP contribution in [0.3, 0.4) is 0 Å². The largest absolute Gasteiger partial charge is 0.399 e. The molecule has 0 aliphatic carbocycles. The molecule has 78 valence electrons. The van der Waals surface area contributed by atoms with Crippen molar-refractivity contribution >= 4 is 51.0 Å². The number of hydrogen-bond donors (Lipinski definition) is 2. The third kappa shape index (κ3) is 2.53. The first-order valence-corrected chi connectivity index (χ1v) is 5.72. The molecule has 0 atom stereocenters. The molecule has 0 saturated carbocycles. The SMILES string of the molecule is Nc1ccc(Cl)c(Nc2nc(Cl)cs2)c1. The van der Waals surface area contributed by atoms with Gasteiger partial charge in [-0.2, -0.15) is 0 Å². The van der Waals surface area contributed by atoms with Crippen molar-refractivity contribution in [1.82, 2.24) is 4.98 Å². The summed E-state index contributed by atoms with van der Waals surface area (Å²) in [6, 6.07) is 5.22. The second-order valence-corrected chi connectivity index (χ2v) is 4.49. The molecule has 15 heavy (non-hydrogen) atoms. The summed E-state index contributed by atoms with van der Waals surface area (Å²) in [5, 5.41) is 6.53. The Morgan fingerprint density at radius 1 is 1.33 bits per heavy atom. The maximum Gasteiger partial charge on any atom is 0.188 e. The van der Waals surface area contributed by atoms with Crippen LogP contribution in [0.15, 0.2) is 23.6 Å². The fourth-order valence-corrected chi connectivity index (χ4v) is 2.08. The van der Waals surface area contributed by atoms with E-state index in [9.17, 15) is 0 Å². The van der Waals surface area contributed by atoms with E-state index in [1.54, 1.807) is 23.6 Å². The molecule has 0 saturated heterocycles. The van der Waals surface area contributed by atoms with Crippen LogP contribution in [0.5, 0.6) is 0 Å². The molecule has 0 bridgehead atoms. The summed E-state index contributed by atoms with van der Waals surface area (Å²) in [4.78, 5) is 4.05. The molecular formula is C9H7Cl2N3S. The van der Waals surface area contributed by atoms with Crippen LogP contribution in [-0.4, -0.2) is 4.98 Å². The average molecular weight is 260 g/mol. The molecule has 0 radical (unpaired) electrons. The number of halogens is 2. The quantitative estimate of drug-likeness (QED) is 0.808. The molecule has 0 fully saturated rings. The minimum atomic E-state index is 0.461. The molecule has 0 aliphatic heterocycles. The molecule has 2 aromatic rings. The highest BCUT2D eigenvalue weighted by atomic mass is 35.5. The lowest BCUT2D eigenvalue weighted by atomic mass is 10.3. The van der Waals surface area contributed by atoms with Gasteiger partial charge >= 0.3 is 0 Å². The van der Waals surface area contributed by atoms with Gasteiger partial charge in [0.1, 0.15) is 5.15 Å². The van der Waals surface area contributed by atoms with Crippen LogP contribution in [0.25, 0.3) is 0 Å². The van der Waals surface area contributed by atoms with Gasteiger partial charge in [-0.25, -0.2) is 4.98 Å². The lowest BCUT2D eigenvalue weighted by Gasteiger charge is -2.05. The number of nitrogens with zero attached hydrogens (tertiary/aromatic N) is 1. The molecule has 1 heterocycles. The smallest absolute Gasteiger partial charge is 0.188 e. The summed E-state index contributed by atoms with van der Waals surface area (Å²) < 4.78 is 0. The summed E-state index contributed by atoms with van der Waals surface area (Å²) in [6.45, 7) is 0. The van der Waals surface area contributed by atoms with Gasteiger partial charge in [-0.15, -0.1) is 11.3 Å². The van der Waals surface area contributed by atoms with E-state index in [1.165, 1.54) is 11.3 Å². The van der Waals surface area contributed by atoms with Gasteiger partial charge in [-0.1, -0.05) is 23.2 Å². The van der Waals surface area contributed by atoms with Crippen LogP contribution in [0.4, 0.5) is 16.5 Å². The number of thiazole rings is 1. The first-order chi connectivity index (χ1) is 7.15. The third-order valence-corrected chi connectivity index (χ3v) is 3.12. The van der Waals surface area contributed by atoms with Gasteiger partial charge in [0.05, 0.1) is 10.7 Å². The predicted octanol–water partition coefficient (Wildman–Crippen LogP) is 3.78. The highest BCUT2D eigenvalue weighted by Crippen LogP contribution is 2.29. The van der Waals surface area contributed by atoms with Crippen molar-refractivity contribution in [1.29, 1.82) is 0 Å². The van der Waals surface area contributed by atoms with E-state index in [1.807, 2.05) is 0 Å². The molecule has 0 unspecified atom stereocenters. The molecule has 3 N–H and O–H groups in total. The minimum absolute atomic E-state index is 0.461. The molecule has 2 rings (SSSR count). The Morgan fingerprint density at radius 3 is 2.80 bits per heavy atom. The normalized spacial score (nSPS) is 10.3. The summed E-state index contributed by atoms with van der Waals surface area (Å²) in [5.41, 5.74) is 7.01. The van der Waals surface area contributed by atoms with Gasteiger partial charge in [-0.3, -0.25) is 0 Å². The van der Waals surface area contributed by atoms with Crippen LogP contribution in [-0.2, 0) is 0 Å². The average Bonchev–Trinajstić information content (AvgIpc) is 2.58. The molecular weight excluding hydrogens is 253 g/mol. The molecule has 3 nitrogen and oxygen atoms in total. The lowest BCUT2D eigenvalue weighted by Crippen LogP contribution is -1.92. The molecule has 0 aliphatic rings. The van der Waals surface area contributed by atoms with E-state index in [4.69, 9.17) is 28.9 Å². The molecule has 6 heteroatoms. The van der Waals surface area contributed by atoms with E-state index in [0.29, 0.717) is 21.0 Å². The van der Waals surface area contributed by atoms with E-state index < -0.39 is 0 Å². The van der Waals surface area contributed by atoms with E-state index >= 15 is 0 Å². The van der Waals surface area contributed by atoms with E-state index in [2.05, 4.69) is 10.3 Å². The zero-order chi connectivity index (χ0) is 10.8. The monoisotopic (exact) mass is 259 g/mol. The topological polar surface area (TPSA) is 50.9 Å². The zero-order valence-electron chi connectivity index (χ0n) is 7.50. The van der Waals surface area contributed by atoms with Gasteiger partial charge in [0.25, 0.3) is 0 Å². The van der Waals surface area contributed by atoms with E-state index in [-0.39, 0.29) is 0 Å². The summed E-state index contributed by atoms with van der Waals surface area (Å²) >= 11 is 13.1. The van der Waals surface area contributed by atoms with Crippen LogP contribution in [0.1, 0.15) is 0 Å². The van der Waals surface area contributed by atoms with Crippen molar-refractivity contribution in [2.75, 3.05) is 11.1 Å². The maximum atomic E-state index is 5.98. The Morgan fingerprint density at radius 2 is 2.13 bits per heavy atom. The summed E-state index contributed by atoms with van der Waals surface area (Å²) in [6.07, 6.45) is 0. The zero-order valence-corrected chi connectivity index (χ0v) is 9.83. The number of aromatic nitrogens is 1. The van der Waals surface area contributed by atoms with Gasteiger partial charge < -0.3 is 11.1 Å². The highest BCUT2D eigenvalue weighted by Gasteiger charge is 2.04. The van der Waals surface area contributed by atoms with Crippen LogP contribution in [0.2, 0.25) is 10.2 Å². The summed E-state index contributed by atoms with van der Waals surface area (Å²) in [5.74, 6) is 0. The van der Waals surface area contributed by atoms with Crippen molar-refractivity contribution in [3.8, 4) is 0 Å². The Balaban J connectivity index is 2.27. The Bertz CT molecular complexity index is 484. The fourth-order valence-electron chi connectivity index (χ4n) is 1.07. The molecule has 0 spiro atoms. The summed E-state index contributed by atoms with van der Waals surface area (Å²) in [7, 11) is 0. The van der Waals surface area contributed by atoms with Crippen LogP contribution >= 0.6 is 34.5 Å². The first kappa shape index (κ1) is 10.5. The van der Waals surface area contributed by atoms with Crippen LogP contribution in [0, 0.1) is 0 Å². The van der Waals surface area contributed by atoms with Gasteiger partial charge in [0, 0.05) is 11.1 Å². The minimum Gasteiger partial charge on any atom is -0.399 e. The van der Waals surface area contributed by atoms with Crippen molar-refractivity contribution in [3.63, 3.8) is 0 Å². The van der Waals surface area contributed by atoms with Crippen molar-refractivity contribution in [2.45, 2.75) is 0 Å². The number of anilines is 3. The van der Waals surface area contributed by atoms with Gasteiger partial charge in [0.2, 0.25) is 0 Å².